The smallest absolute Gasteiger partial charge is 0.313 e. The van der Waals surface area contributed by atoms with E-state index in [1.807, 2.05) is 0 Å². The fourth-order valence-corrected chi connectivity index (χ4v) is 4.20. The lowest BCUT2D eigenvalue weighted by Gasteiger charge is -2.04. The second kappa shape index (κ2) is 28.9. The number of unbranched alkanes of at least 4 members (excludes halogenated alkanes) is 18. The quantitative estimate of drug-likeness (QED) is 0.0524. The van der Waals surface area contributed by atoms with Crippen LogP contribution in [0.4, 0.5) is 0 Å². The lowest BCUT2D eigenvalue weighted by atomic mass is 10.1. The van der Waals surface area contributed by atoms with Crippen LogP contribution in [0.2, 0.25) is 0 Å². The summed E-state index contributed by atoms with van der Waals surface area (Å²) in [4.78, 5) is 23.7. The fourth-order valence-electron chi connectivity index (χ4n) is 4.20. The minimum absolute atomic E-state index is 0.345. The highest BCUT2D eigenvalue weighted by Gasteiger charge is 2.09. The summed E-state index contributed by atoms with van der Waals surface area (Å²) >= 11 is 0. The van der Waals surface area contributed by atoms with E-state index in [0.29, 0.717) is 12.8 Å². The van der Waals surface area contributed by atoms with Crippen LogP contribution in [0.5, 0.6) is 0 Å². The van der Waals surface area contributed by atoms with Crippen molar-refractivity contribution in [2.24, 2.45) is 0 Å². The van der Waals surface area contributed by atoms with Crippen LogP contribution in [-0.2, 0) is 14.3 Å². The van der Waals surface area contributed by atoms with E-state index in [0.717, 1.165) is 38.5 Å². The zero-order chi connectivity index (χ0) is 25.7. The van der Waals surface area contributed by atoms with Gasteiger partial charge >= 0.3 is 11.9 Å². The van der Waals surface area contributed by atoms with Crippen molar-refractivity contribution in [2.75, 3.05) is 0 Å². The van der Waals surface area contributed by atoms with Crippen molar-refractivity contribution in [3.05, 3.63) is 24.3 Å². The third-order valence-corrected chi connectivity index (χ3v) is 6.51. The Balaban J connectivity index is 3.38. The van der Waals surface area contributed by atoms with Gasteiger partial charge in [0.15, 0.2) is 0 Å². The van der Waals surface area contributed by atoms with Crippen molar-refractivity contribution in [1.29, 1.82) is 0 Å². The number of rotatable bonds is 26. The molecule has 0 atom stereocenters. The average molecular weight is 491 g/mol. The summed E-state index contributed by atoms with van der Waals surface area (Å²) in [6.45, 7) is 4.50. The van der Waals surface area contributed by atoms with E-state index in [1.54, 1.807) is 0 Å². The zero-order valence-corrected chi connectivity index (χ0v) is 23.5. The number of carbonyl (C=O) groups is 2. The Bertz CT molecular complexity index is 475. The Kier molecular flexibility index (Phi) is 27.7. The predicted octanol–water partition coefficient (Wildman–Crippen LogP) is 10.6. The van der Waals surface area contributed by atoms with Crippen LogP contribution in [0.25, 0.3) is 0 Å². The number of hydrogen-bond acceptors (Lipinski definition) is 3. The molecule has 0 aromatic heterocycles. The minimum atomic E-state index is -0.345. The Labute approximate surface area is 218 Å². The molecule has 0 saturated heterocycles. The molecule has 0 fully saturated rings. The van der Waals surface area contributed by atoms with Crippen molar-refractivity contribution < 1.29 is 14.3 Å². The predicted molar refractivity (Wildman–Crippen MR) is 152 cm³/mol. The number of allylic oxidation sites excluding steroid dienone is 4. The lowest BCUT2D eigenvalue weighted by Crippen LogP contribution is -2.11. The SMILES string of the molecule is CCCCCCC=CCCCCCCCC(=O)OC(=O)CCCCCCC/C=C\CCCCCC. The molecule has 0 aromatic rings. The van der Waals surface area contributed by atoms with Gasteiger partial charge in [0.25, 0.3) is 0 Å². The van der Waals surface area contributed by atoms with Crippen LogP contribution in [0.3, 0.4) is 0 Å². The van der Waals surface area contributed by atoms with Crippen LogP contribution in [0.15, 0.2) is 24.3 Å². The van der Waals surface area contributed by atoms with Gasteiger partial charge in [0.05, 0.1) is 0 Å². The van der Waals surface area contributed by atoms with Crippen LogP contribution < -0.4 is 0 Å². The summed E-state index contributed by atoms with van der Waals surface area (Å²) in [6, 6.07) is 0. The van der Waals surface area contributed by atoms with Crippen LogP contribution in [-0.4, -0.2) is 11.9 Å². The summed E-state index contributed by atoms with van der Waals surface area (Å²) in [5.74, 6) is -0.690. The molecule has 35 heavy (non-hydrogen) atoms. The van der Waals surface area contributed by atoms with Crippen LogP contribution in [0, 0.1) is 0 Å². The summed E-state index contributed by atoms with van der Waals surface area (Å²) < 4.78 is 4.97. The third-order valence-electron chi connectivity index (χ3n) is 6.51. The number of esters is 2. The summed E-state index contributed by atoms with van der Waals surface area (Å²) in [6.07, 6.45) is 36.4. The van der Waals surface area contributed by atoms with Crippen molar-refractivity contribution >= 4 is 11.9 Å². The summed E-state index contributed by atoms with van der Waals surface area (Å²) in [5.41, 5.74) is 0. The van der Waals surface area contributed by atoms with Gasteiger partial charge in [0, 0.05) is 12.8 Å². The van der Waals surface area contributed by atoms with Crippen molar-refractivity contribution in [1.82, 2.24) is 0 Å². The maximum absolute atomic E-state index is 11.8. The monoisotopic (exact) mass is 490 g/mol. The molecule has 204 valence electrons. The number of ether oxygens (including phenoxy) is 1. The van der Waals surface area contributed by atoms with Gasteiger partial charge < -0.3 is 4.74 Å². The van der Waals surface area contributed by atoms with Gasteiger partial charge in [-0.05, 0) is 64.2 Å². The second-order valence-electron chi connectivity index (χ2n) is 10.1. The van der Waals surface area contributed by atoms with Crippen molar-refractivity contribution in [3.63, 3.8) is 0 Å². The first-order chi connectivity index (χ1) is 17.2. The Hall–Kier alpha value is -1.38. The standard InChI is InChI=1S/C32H58O3/c1-3-5-7-9-11-13-15-17-19-21-23-25-27-29-31(33)35-32(34)30-28-26-24-22-20-18-16-14-12-10-8-6-4-2/h13-16H,3-12,17-30H2,1-2H3/b15-13-,16-14?. The minimum Gasteiger partial charge on any atom is -0.393 e. The fraction of sp³-hybridized carbons (Fsp3) is 0.812. The van der Waals surface area contributed by atoms with Gasteiger partial charge in [-0.1, -0.05) is 115 Å². The third kappa shape index (κ3) is 28.7. The molecule has 0 unspecified atom stereocenters. The van der Waals surface area contributed by atoms with Gasteiger partial charge in [-0.25, -0.2) is 0 Å². The molecule has 0 spiro atoms. The molecule has 0 N–H and O–H groups in total. The highest BCUT2D eigenvalue weighted by molar-refractivity contribution is 5.85. The highest BCUT2D eigenvalue weighted by atomic mass is 16.6. The maximum atomic E-state index is 11.8. The molecule has 0 amide bonds. The first kappa shape index (κ1) is 33.6. The van der Waals surface area contributed by atoms with Gasteiger partial charge in [0.1, 0.15) is 0 Å². The van der Waals surface area contributed by atoms with E-state index < -0.39 is 0 Å². The molecular formula is C32H58O3. The zero-order valence-electron chi connectivity index (χ0n) is 23.5. The Morgan fingerprint density at radius 3 is 1.06 bits per heavy atom. The molecular weight excluding hydrogens is 432 g/mol. The van der Waals surface area contributed by atoms with E-state index in [1.165, 1.54) is 103 Å². The van der Waals surface area contributed by atoms with Gasteiger partial charge in [0.2, 0.25) is 0 Å². The van der Waals surface area contributed by atoms with E-state index in [4.69, 9.17) is 4.74 Å². The molecule has 0 saturated carbocycles. The van der Waals surface area contributed by atoms with E-state index in [2.05, 4.69) is 38.2 Å². The molecule has 0 aliphatic carbocycles. The van der Waals surface area contributed by atoms with Crippen LogP contribution in [0.1, 0.15) is 168 Å². The molecule has 0 bridgehead atoms. The first-order valence-electron chi connectivity index (χ1n) is 15.2. The topological polar surface area (TPSA) is 43.4 Å². The lowest BCUT2D eigenvalue weighted by molar-refractivity contribution is -0.159. The average Bonchev–Trinajstić information content (AvgIpc) is 2.85. The Morgan fingerprint density at radius 2 is 0.714 bits per heavy atom. The largest absolute Gasteiger partial charge is 0.393 e. The number of hydrogen-bond donors (Lipinski definition) is 0. The molecule has 0 heterocycles. The Morgan fingerprint density at radius 1 is 0.429 bits per heavy atom. The van der Waals surface area contributed by atoms with E-state index in [9.17, 15) is 9.59 Å². The molecule has 0 radical (unpaired) electrons. The van der Waals surface area contributed by atoms with Crippen molar-refractivity contribution in [2.45, 2.75) is 168 Å². The van der Waals surface area contributed by atoms with Gasteiger partial charge in [-0.15, -0.1) is 0 Å². The molecule has 3 heteroatoms. The number of carbonyl (C=O) groups excluding carboxylic acids is 2. The molecule has 3 nitrogen and oxygen atoms in total. The van der Waals surface area contributed by atoms with Crippen molar-refractivity contribution in [3.8, 4) is 0 Å². The normalized spacial score (nSPS) is 11.6. The highest BCUT2D eigenvalue weighted by Crippen LogP contribution is 2.11. The molecule has 0 aromatic carbocycles. The second-order valence-corrected chi connectivity index (χ2v) is 10.1. The summed E-state index contributed by atoms with van der Waals surface area (Å²) in [7, 11) is 0. The van der Waals surface area contributed by atoms with Crippen LogP contribution >= 0.6 is 0 Å². The molecule has 0 aliphatic heterocycles. The molecule has 0 rings (SSSR count). The van der Waals surface area contributed by atoms with Gasteiger partial charge in [-0.2, -0.15) is 0 Å². The van der Waals surface area contributed by atoms with E-state index >= 15 is 0 Å². The van der Waals surface area contributed by atoms with E-state index in [-0.39, 0.29) is 11.9 Å². The van der Waals surface area contributed by atoms with Gasteiger partial charge in [-0.3, -0.25) is 9.59 Å². The molecule has 0 aliphatic rings. The first-order valence-corrected chi connectivity index (χ1v) is 15.2. The summed E-state index contributed by atoms with van der Waals surface area (Å²) in [5, 5.41) is 0. The maximum Gasteiger partial charge on any atom is 0.313 e.